The van der Waals surface area contributed by atoms with Crippen LogP contribution in [0.4, 0.5) is 0 Å². The average Bonchev–Trinajstić information content (AvgIpc) is 2.73. The van der Waals surface area contributed by atoms with E-state index in [4.69, 9.17) is 0 Å². The van der Waals surface area contributed by atoms with E-state index in [1.54, 1.807) is 23.6 Å². The molecular formula is C12H11BrN2OS. The zero-order valence-electron chi connectivity index (χ0n) is 9.24. The number of halogens is 1. The van der Waals surface area contributed by atoms with Gasteiger partial charge in [0.2, 0.25) is 0 Å². The molecule has 88 valence electrons. The fraction of sp³-hybridized carbons (Fsp3) is 0.167. The van der Waals surface area contributed by atoms with Gasteiger partial charge >= 0.3 is 0 Å². The van der Waals surface area contributed by atoms with E-state index in [2.05, 4.69) is 26.2 Å². The molecule has 0 aliphatic rings. The molecule has 0 bridgehead atoms. The maximum atomic E-state index is 11.8. The molecule has 5 heteroatoms. The molecule has 0 radical (unpaired) electrons. The summed E-state index contributed by atoms with van der Waals surface area (Å²) in [5.74, 6) is -0.0993. The van der Waals surface area contributed by atoms with Crippen molar-refractivity contribution in [1.82, 2.24) is 10.3 Å². The summed E-state index contributed by atoms with van der Waals surface area (Å²) in [4.78, 5) is 17.0. The summed E-state index contributed by atoms with van der Waals surface area (Å²) in [5.41, 5.74) is 1.49. The van der Waals surface area contributed by atoms with E-state index < -0.39 is 0 Å². The van der Waals surface area contributed by atoms with E-state index in [0.29, 0.717) is 12.1 Å². The number of carbonyl (C=O) groups is 1. The first-order valence-electron chi connectivity index (χ1n) is 5.09. The molecule has 1 amide bonds. The molecule has 0 aliphatic carbocycles. The minimum atomic E-state index is -0.0993. The smallest absolute Gasteiger partial charge is 0.253 e. The summed E-state index contributed by atoms with van der Waals surface area (Å²) in [6.07, 6.45) is 1.59. The lowest BCUT2D eigenvalue weighted by Crippen LogP contribution is -2.22. The minimum Gasteiger partial charge on any atom is -0.347 e. The lowest BCUT2D eigenvalue weighted by Gasteiger charge is -2.04. The van der Waals surface area contributed by atoms with E-state index in [0.717, 1.165) is 15.0 Å². The molecule has 2 rings (SSSR count). The van der Waals surface area contributed by atoms with Gasteiger partial charge in [0.25, 0.3) is 5.91 Å². The highest BCUT2D eigenvalue weighted by Gasteiger charge is 2.07. The first kappa shape index (κ1) is 12.3. The number of carbonyl (C=O) groups excluding carboxylic acids is 1. The molecule has 0 spiro atoms. The molecule has 0 unspecified atom stereocenters. The van der Waals surface area contributed by atoms with E-state index in [1.165, 1.54) is 0 Å². The van der Waals surface area contributed by atoms with Crippen molar-refractivity contribution in [3.63, 3.8) is 0 Å². The minimum absolute atomic E-state index is 0.0993. The summed E-state index contributed by atoms with van der Waals surface area (Å²) in [6.45, 7) is 2.43. The first-order chi connectivity index (χ1) is 8.16. The summed E-state index contributed by atoms with van der Waals surface area (Å²) in [5, 5.41) is 4.85. The van der Waals surface area contributed by atoms with Crippen LogP contribution in [-0.4, -0.2) is 10.9 Å². The van der Waals surface area contributed by atoms with Crippen LogP contribution in [0.5, 0.6) is 0 Å². The van der Waals surface area contributed by atoms with Crippen LogP contribution < -0.4 is 5.32 Å². The third-order valence-electron chi connectivity index (χ3n) is 2.27. The van der Waals surface area contributed by atoms with E-state index in [9.17, 15) is 4.79 Å². The molecule has 0 saturated heterocycles. The van der Waals surface area contributed by atoms with Gasteiger partial charge in [-0.1, -0.05) is 0 Å². The number of pyridine rings is 1. The van der Waals surface area contributed by atoms with Crippen LogP contribution in [0.25, 0.3) is 0 Å². The van der Waals surface area contributed by atoms with Gasteiger partial charge in [0.1, 0.15) is 0 Å². The third-order valence-corrected chi connectivity index (χ3v) is 4.20. The van der Waals surface area contributed by atoms with Gasteiger partial charge in [-0.25, -0.2) is 0 Å². The van der Waals surface area contributed by atoms with Gasteiger partial charge in [0.15, 0.2) is 0 Å². The first-order valence-corrected chi connectivity index (χ1v) is 6.77. The highest BCUT2D eigenvalue weighted by molar-refractivity contribution is 9.10. The Labute approximate surface area is 112 Å². The maximum Gasteiger partial charge on any atom is 0.253 e. The van der Waals surface area contributed by atoms with Gasteiger partial charge in [0.05, 0.1) is 12.1 Å². The predicted octanol–water partition coefficient (Wildman–Crippen LogP) is 3.14. The number of thiophene rings is 1. The van der Waals surface area contributed by atoms with E-state index in [1.807, 2.05) is 24.4 Å². The number of aryl methyl sites for hydroxylation is 1. The Morgan fingerprint density at radius 2 is 2.29 bits per heavy atom. The normalized spacial score (nSPS) is 10.2. The number of rotatable bonds is 3. The molecule has 0 atom stereocenters. The number of hydrogen-bond donors (Lipinski definition) is 1. The maximum absolute atomic E-state index is 11.8. The molecule has 2 aromatic heterocycles. The van der Waals surface area contributed by atoms with Crippen LogP contribution in [0.2, 0.25) is 0 Å². The van der Waals surface area contributed by atoms with Crippen molar-refractivity contribution in [3.05, 3.63) is 50.4 Å². The van der Waals surface area contributed by atoms with Crippen molar-refractivity contribution >= 4 is 33.2 Å². The zero-order valence-corrected chi connectivity index (χ0v) is 11.6. The molecule has 2 heterocycles. The lowest BCUT2D eigenvalue weighted by molar-refractivity contribution is 0.0951. The number of amides is 1. The van der Waals surface area contributed by atoms with Crippen molar-refractivity contribution in [2.45, 2.75) is 13.5 Å². The van der Waals surface area contributed by atoms with Crippen LogP contribution in [0.3, 0.4) is 0 Å². The van der Waals surface area contributed by atoms with Gasteiger partial charge < -0.3 is 5.32 Å². The molecular weight excluding hydrogens is 300 g/mol. The molecule has 0 saturated carbocycles. The highest BCUT2D eigenvalue weighted by atomic mass is 79.9. The highest BCUT2D eigenvalue weighted by Crippen LogP contribution is 2.22. The van der Waals surface area contributed by atoms with E-state index in [-0.39, 0.29) is 5.91 Å². The van der Waals surface area contributed by atoms with Crippen LogP contribution >= 0.6 is 27.3 Å². The molecule has 17 heavy (non-hydrogen) atoms. The third kappa shape index (κ3) is 3.14. The Bertz CT molecular complexity index is 522. The van der Waals surface area contributed by atoms with Crippen molar-refractivity contribution in [3.8, 4) is 0 Å². The van der Waals surface area contributed by atoms with Crippen molar-refractivity contribution in [2.24, 2.45) is 0 Å². The van der Waals surface area contributed by atoms with Crippen LogP contribution in [0.1, 0.15) is 20.9 Å². The monoisotopic (exact) mass is 310 g/mol. The van der Waals surface area contributed by atoms with Crippen LogP contribution in [0.15, 0.2) is 34.2 Å². The Morgan fingerprint density at radius 1 is 1.47 bits per heavy atom. The van der Waals surface area contributed by atoms with E-state index >= 15 is 0 Å². The van der Waals surface area contributed by atoms with Crippen molar-refractivity contribution in [2.75, 3.05) is 0 Å². The van der Waals surface area contributed by atoms with Gasteiger partial charge in [-0.15, -0.1) is 11.3 Å². The van der Waals surface area contributed by atoms with Crippen LogP contribution in [0, 0.1) is 6.92 Å². The molecule has 0 aliphatic heterocycles. The molecule has 3 nitrogen and oxygen atoms in total. The number of hydrogen-bond acceptors (Lipinski definition) is 3. The summed E-state index contributed by atoms with van der Waals surface area (Å²) >= 11 is 5.04. The summed E-state index contributed by atoms with van der Waals surface area (Å²) < 4.78 is 1.03. The topological polar surface area (TPSA) is 42.0 Å². The molecule has 1 N–H and O–H groups in total. The Kier molecular flexibility index (Phi) is 3.91. The number of nitrogens with zero attached hydrogens (tertiary/aromatic N) is 1. The van der Waals surface area contributed by atoms with Gasteiger partial charge in [0, 0.05) is 21.2 Å². The standard InChI is InChI=1S/C12H11BrN2OS/c1-8-2-3-9(6-14-8)12(16)15-7-11-10(13)4-5-17-11/h2-6H,7H2,1H3,(H,15,16). The van der Waals surface area contributed by atoms with Gasteiger partial charge in [-0.2, -0.15) is 0 Å². The number of aromatic nitrogens is 1. The van der Waals surface area contributed by atoms with Crippen molar-refractivity contribution in [1.29, 1.82) is 0 Å². The summed E-state index contributed by atoms with van der Waals surface area (Å²) in [6, 6.07) is 5.58. The predicted molar refractivity (Wildman–Crippen MR) is 72.2 cm³/mol. The second-order valence-corrected chi connectivity index (χ2v) is 5.42. The Hall–Kier alpha value is -1.20. The second-order valence-electron chi connectivity index (χ2n) is 3.56. The molecule has 0 fully saturated rings. The molecule has 2 aromatic rings. The average molecular weight is 311 g/mol. The zero-order chi connectivity index (χ0) is 12.3. The number of nitrogens with one attached hydrogen (secondary N) is 1. The Morgan fingerprint density at radius 3 is 2.88 bits per heavy atom. The van der Waals surface area contributed by atoms with Crippen molar-refractivity contribution < 1.29 is 4.79 Å². The fourth-order valence-corrected chi connectivity index (χ4v) is 2.75. The summed E-state index contributed by atoms with van der Waals surface area (Å²) in [7, 11) is 0. The van der Waals surface area contributed by atoms with Crippen LogP contribution in [-0.2, 0) is 6.54 Å². The van der Waals surface area contributed by atoms with Gasteiger partial charge in [-0.3, -0.25) is 9.78 Å². The Balaban J connectivity index is 1.98. The SMILES string of the molecule is Cc1ccc(C(=O)NCc2sccc2Br)cn1. The fourth-order valence-electron chi connectivity index (χ4n) is 1.32. The van der Waals surface area contributed by atoms with Gasteiger partial charge in [-0.05, 0) is 46.4 Å². The largest absolute Gasteiger partial charge is 0.347 e. The molecule has 0 aromatic carbocycles. The second kappa shape index (κ2) is 5.42. The quantitative estimate of drug-likeness (QED) is 0.946. The lowest BCUT2D eigenvalue weighted by atomic mass is 10.2.